The van der Waals surface area contributed by atoms with Gasteiger partial charge < -0.3 is 15.4 Å². The summed E-state index contributed by atoms with van der Waals surface area (Å²) in [5.41, 5.74) is 2.50. The van der Waals surface area contributed by atoms with Gasteiger partial charge in [-0.2, -0.15) is 0 Å². The molecule has 0 saturated carbocycles. The number of ether oxygens (including phenoxy) is 1. The van der Waals surface area contributed by atoms with Gasteiger partial charge in [0.2, 0.25) is 0 Å². The van der Waals surface area contributed by atoms with Crippen LogP contribution in [0.15, 0.2) is 60.7 Å². The zero-order valence-corrected chi connectivity index (χ0v) is 15.5. The summed E-state index contributed by atoms with van der Waals surface area (Å²) in [6, 6.07) is 16.8. The monoisotopic (exact) mass is 380 g/mol. The molecular weight excluding hydrogens is 359 g/mol. The van der Waals surface area contributed by atoms with Crippen molar-refractivity contribution in [1.82, 2.24) is 15.5 Å². The fourth-order valence-corrected chi connectivity index (χ4v) is 2.61. The van der Waals surface area contributed by atoms with Gasteiger partial charge in [0.1, 0.15) is 5.82 Å². The Morgan fingerprint density at radius 3 is 2.68 bits per heavy atom. The van der Waals surface area contributed by atoms with Crippen molar-refractivity contribution in [1.29, 1.82) is 0 Å². The first-order chi connectivity index (χ1) is 13.7. The zero-order valence-electron chi connectivity index (χ0n) is 15.5. The molecule has 28 heavy (non-hydrogen) atoms. The third-order valence-corrected chi connectivity index (χ3v) is 3.99. The van der Waals surface area contributed by atoms with Crippen molar-refractivity contribution in [2.45, 2.75) is 6.42 Å². The smallest absolute Gasteiger partial charge is 0.251 e. The summed E-state index contributed by atoms with van der Waals surface area (Å²) < 4.78 is 18.3. The number of methoxy groups -OCH3 is 1. The number of carbonyl (C=O) groups excluding carboxylic acids is 1. The molecule has 0 radical (unpaired) electrons. The summed E-state index contributed by atoms with van der Waals surface area (Å²) in [4.78, 5) is 12.2. The first kappa shape index (κ1) is 19.4. The van der Waals surface area contributed by atoms with E-state index in [1.54, 1.807) is 49.6 Å². The molecule has 2 aromatic carbocycles. The minimum Gasteiger partial charge on any atom is -0.385 e. The van der Waals surface area contributed by atoms with Crippen LogP contribution < -0.4 is 10.6 Å². The Hall–Kier alpha value is -3.32. The highest BCUT2D eigenvalue weighted by Gasteiger charge is 2.07. The molecular formula is C21H21FN4O2. The molecule has 1 amide bonds. The van der Waals surface area contributed by atoms with Gasteiger partial charge in [0.15, 0.2) is 5.82 Å². The van der Waals surface area contributed by atoms with E-state index in [-0.39, 0.29) is 11.7 Å². The van der Waals surface area contributed by atoms with Crippen LogP contribution in [0.25, 0.3) is 11.3 Å². The maximum atomic E-state index is 13.3. The predicted octanol–water partition coefficient (Wildman–Crippen LogP) is 3.79. The summed E-state index contributed by atoms with van der Waals surface area (Å²) >= 11 is 0. The summed E-state index contributed by atoms with van der Waals surface area (Å²) in [6.45, 7) is 1.16. The molecule has 2 N–H and O–H groups in total. The lowest BCUT2D eigenvalue weighted by Crippen LogP contribution is -2.25. The van der Waals surface area contributed by atoms with E-state index in [2.05, 4.69) is 20.8 Å². The van der Waals surface area contributed by atoms with E-state index in [9.17, 15) is 9.18 Å². The molecule has 6 nitrogen and oxygen atoms in total. The fourth-order valence-electron chi connectivity index (χ4n) is 2.61. The Morgan fingerprint density at radius 1 is 1.07 bits per heavy atom. The predicted molar refractivity (Wildman–Crippen MR) is 106 cm³/mol. The number of benzene rings is 2. The van der Waals surface area contributed by atoms with E-state index in [0.29, 0.717) is 35.8 Å². The second-order valence-corrected chi connectivity index (χ2v) is 6.12. The molecule has 0 fully saturated rings. The van der Waals surface area contributed by atoms with E-state index >= 15 is 0 Å². The van der Waals surface area contributed by atoms with Gasteiger partial charge in [-0.15, -0.1) is 10.2 Å². The van der Waals surface area contributed by atoms with Crippen LogP contribution in [0, 0.1) is 5.82 Å². The molecule has 1 aromatic heterocycles. The summed E-state index contributed by atoms with van der Waals surface area (Å²) in [5.74, 6) is 0.0592. The number of rotatable bonds is 8. The van der Waals surface area contributed by atoms with Gasteiger partial charge in [0.05, 0.1) is 5.69 Å². The summed E-state index contributed by atoms with van der Waals surface area (Å²) in [6.07, 6.45) is 0.757. The number of nitrogens with zero attached hydrogens (tertiary/aromatic N) is 2. The number of hydrogen-bond acceptors (Lipinski definition) is 5. The Kier molecular flexibility index (Phi) is 6.64. The van der Waals surface area contributed by atoms with Crippen LogP contribution >= 0.6 is 0 Å². The van der Waals surface area contributed by atoms with Crippen molar-refractivity contribution in [3.8, 4) is 11.3 Å². The number of halogens is 1. The molecule has 1 heterocycles. The average molecular weight is 380 g/mol. The Bertz CT molecular complexity index is 932. The Morgan fingerprint density at radius 2 is 1.93 bits per heavy atom. The Labute approximate surface area is 162 Å². The highest BCUT2D eigenvalue weighted by Crippen LogP contribution is 2.20. The van der Waals surface area contributed by atoms with E-state index in [4.69, 9.17) is 4.74 Å². The van der Waals surface area contributed by atoms with Crippen LogP contribution in [0.1, 0.15) is 16.8 Å². The quantitative estimate of drug-likeness (QED) is 0.582. The van der Waals surface area contributed by atoms with Crippen LogP contribution in [0.5, 0.6) is 0 Å². The van der Waals surface area contributed by atoms with E-state index in [1.165, 1.54) is 12.1 Å². The molecule has 144 valence electrons. The molecule has 7 heteroatoms. The molecule has 3 rings (SSSR count). The van der Waals surface area contributed by atoms with E-state index < -0.39 is 0 Å². The zero-order chi connectivity index (χ0) is 19.8. The SMILES string of the molecule is COCCCNC(=O)c1cccc(Nc2ccc(-c3cccc(F)c3)nn2)c1. The third-order valence-electron chi connectivity index (χ3n) is 3.99. The number of anilines is 2. The molecule has 0 aliphatic heterocycles. The summed E-state index contributed by atoms with van der Waals surface area (Å²) in [5, 5.41) is 14.2. The minimum atomic E-state index is -0.321. The number of aromatic nitrogens is 2. The first-order valence-corrected chi connectivity index (χ1v) is 8.89. The average Bonchev–Trinajstić information content (AvgIpc) is 2.72. The lowest BCUT2D eigenvalue weighted by Gasteiger charge is -2.09. The molecule has 0 aliphatic rings. The van der Waals surface area contributed by atoms with Crippen molar-refractivity contribution in [3.63, 3.8) is 0 Å². The molecule has 0 aliphatic carbocycles. The van der Waals surface area contributed by atoms with Crippen molar-refractivity contribution in [2.24, 2.45) is 0 Å². The van der Waals surface area contributed by atoms with Gasteiger partial charge >= 0.3 is 0 Å². The molecule has 3 aromatic rings. The van der Waals surface area contributed by atoms with Crippen molar-refractivity contribution >= 4 is 17.4 Å². The van der Waals surface area contributed by atoms with Gasteiger partial charge in [0, 0.05) is 37.1 Å². The van der Waals surface area contributed by atoms with Crippen molar-refractivity contribution in [2.75, 3.05) is 25.6 Å². The maximum Gasteiger partial charge on any atom is 0.251 e. The highest BCUT2D eigenvalue weighted by atomic mass is 19.1. The lowest BCUT2D eigenvalue weighted by atomic mass is 10.1. The van der Waals surface area contributed by atoms with Crippen LogP contribution in [0.4, 0.5) is 15.9 Å². The van der Waals surface area contributed by atoms with Crippen LogP contribution in [0.3, 0.4) is 0 Å². The van der Waals surface area contributed by atoms with Crippen molar-refractivity contribution < 1.29 is 13.9 Å². The van der Waals surface area contributed by atoms with E-state index in [0.717, 1.165) is 12.1 Å². The Balaban J connectivity index is 1.64. The third kappa shape index (κ3) is 5.34. The second kappa shape index (κ2) is 9.57. The van der Waals surface area contributed by atoms with Gasteiger partial charge in [-0.3, -0.25) is 4.79 Å². The number of nitrogens with one attached hydrogen (secondary N) is 2. The van der Waals surface area contributed by atoms with Crippen LogP contribution in [-0.4, -0.2) is 36.4 Å². The standard InChI is InChI=1S/C21H21FN4O2/c1-28-12-4-11-23-21(27)16-6-3-8-18(14-16)24-20-10-9-19(25-26-20)15-5-2-7-17(22)13-15/h2-3,5-10,13-14H,4,11-12H2,1H3,(H,23,27)(H,24,26). The van der Waals surface area contributed by atoms with Gasteiger partial charge in [-0.05, 0) is 48.9 Å². The number of amides is 1. The van der Waals surface area contributed by atoms with Crippen LogP contribution in [0.2, 0.25) is 0 Å². The highest BCUT2D eigenvalue weighted by molar-refractivity contribution is 5.95. The molecule has 0 spiro atoms. The normalized spacial score (nSPS) is 10.5. The topological polar surface area (TPSA) is 76.1 Å². The first-order valence-electron chi connectivity index (χ1n) is 8.89. The number of hydrogen-bond donors (Lipinski definition) is 2. The van der Waals surface area contributed by atoms with Crippen molar-refractivity contribution in [3.05, 3.63) is 72.0 Å². The number of carbonyl (C=O) groups is 1. The minimum absolute atomic E-state index is 0.146. The molecule has 0 saturated heterocycles. The van der Waals surface area contributed by atoms with Crippen LogP contribution in [-0.2, 0) is 4.74 Å². The fraction of sp³-hybridized carbons (Fsp3) is 0.190. The van der Waals surface area contributed by atoms with Gasteiger partial charge in [0.25, 0.3) is 5.91 Å². The lowest BCUT2D eigenvalue weighted by molar-refractivity contribution is 0.0948. The van der Waals surface area contributed by atoms with E-state index in [1.807, 2.05) is 6.07 Å². The molecule has 0 atom stereocenters. The second-order valence-electron chi connectivity index (χ2n) is 6.12. The maximum absolute atomic E-state index is 13.3. The van der Waals surface area contributed by atoms with Gasteiger partial charge in [-0.1, -0.05) is 18.2 Å². The summed E-state index contributed by atoms with van der Waals surface area (Å²) in [7, 11) is 1.63. The molecule has 0 bridgehead atoms. The molecule has 0 unspecified atom stereocenters. The van der Waals surface area contributed by atoms with Gasteiger partial charge in [-0.25, -0.2) is 4.39 Å². The largest absolute Gasteiger partial charge is 0.385 e.